The molecule has 1 heterocycles. The van der Waals surface area contributed by atoms with Gasteiger partial charge in [0, 0.05) is 18.3 Å². The number of rotatable bonds is 6. The Kier molecular flexibility index (Phi) is 5.93. The molecule has 0 saturated heterocycles. The van der Waals surface area contributed by atoms with Crippen molar-refractivity contribution in [3.63, 3.8) is 0 Å². The molecule has 1 aromatic heterocycles. The first-order chi connectivity index (χ1) is 13.3. The topological polar surface area (TPSA) is 53.9 Å². The third kappa shape index (κ3) is 5.06. The summed E-state index contributed by atoms with van der Waals surface area (Å²) in [6, 6.07) is 19.1. The number of anilines is 3. The predicted molar refractivity (Wildman–Crippen MR) is 116 cm³/mol. The van der Waals surface area contributed by atoms with Crippen molar-refractivity contribution in [2.75, 3.05) is 10.2 Å². The van der Waals surface area contributed by atoms with Crippen LogP contribution >= 0.6 is 0 Å². The maximum atomic E-state index is 4.70. The summed E-state index contributed by atoms with van der Waals surface area (Å²) in [5, 5.41) is 11.6. The van der Waals surface area contributed by atoms with E-state index in [0.717, 1.165) is 18.1 Å². The minimum atomic E-state index is 0.131. The zero-order valence-corrected chi connectivity index (χ0v) is 17.3. The molecule has 28 heavy (non-hydrogen) atoms. The highest BCUT2D eigenvalue weighted by atomic mass is 15.3. The summed E-state index contributed by atoms with van der Waals surface area (Å²) >= 11 is 0. The Balaban J connectivity index is 1.78. The van der Waals surface area contributed by atoms with E-state index in [4.69, 9.17) is 4.98 Å². The smallest absolute Gasteiger partial charge is 0.249 e. The van der Waals surface area contributed by atoms with Gasteiger partial charge in [-0.15, -0.1) is 5.10 Å². The van der Waals surface area contributed by atoms with Crippen molar-refractivity contribution < 1.29 is 0 Å². The van der Waals surface area contributed by atoms with Crippen LogP contribution in [-0.4, -0.2) is 21.2 Å². The molecule has 0 unspecified atom stereocenters. The second-order valence-electron chi connectivity index (χ2n) is 8.30. The first-order valence-corrected chi connectivity index (χ1v) is 9.71. The van der Waals surface area contributed by atoms with Crippen LogP contribution in [0.15, 0.2) is 60.8 Å². The van der Waals surface area contributed by atoms with Gasteiger partial charge in [-0.2, -0.15) is 10.1 Å². The Labute approximate surface area is 167 Å². The Morgan fingerprint density at radius 2 is 1.64 bits per heavy atom. The van der Waals surface area contributed by atoms with Crippen LogP contribution in [0.3, 0.4) is 0 Å². The van der Waals surface area contributed by atoms with Gasteiger partial charge >= 0.3 is 0 Å². The Morgan fingerprint density at radius 1 is 0.964 bits per heavy atom. The van der Waals surface area contributed by atoms with E-state index in [0.29, 0.717) is 5.95 Å². The van der Waals surface area contributed by atoms with E-state index < -0.39 is 0 Å². The molecule has 3 rings (SSSR count). The molecule has 0 fully saturated rings. The van der Waals surface area contributed by atoms with Crippen LogP contribution in [0.1, 0.15) is 45.7 Å². The van der Waals surface area contributed by atoms with Gasteiger partial charge in [-0.05, 0) is 42.5 Å². The lowest BCUT2D eigenvalue weighted by atomic mass is 9.87. The van der Waals surface area contributed by atoms with Gasteiger partial charge in [-0.25, -0.2) is 0 Å². The highest BCUT2D eigenvalue weighted by Gasteiger charge is 2.15. The summed E-state index contributed by atoms with van der Waals surface area (Å²) in [6.07, 6.45) is 1.72. The fourth-order valence-corrected chi connectivity index (χ4v) is 2.98. The van der Waals surface area contributed by atoms with Crippen LogP contribution < -0.4 is 10.2 Å². The first kappa shape index (κ1) is 19.8. The number of nitrogens with zero attached hydrogens (tertiary/aromatic N) is 4. The lowest BCUT2D eigenvalue weighted by molar-refractivity contribution is 0.590. The molecule has 0 aliphatic rings. The average Bonchev–Trinajstić information content (AvgIpc) is 2.66. The summed E-state index contributed by atoms with van der Waals surface area (Å²) in [6.45, 7) is 11.7. The number of nitrogens with one attached hydrogen (secondary N) is 1. The molecule has 3 aromatic rings. The van der Waals surface area contributed by atoms with Gasteiger partial charge in [-0.1, -0.05) is 63.2 Å². The van der Waals surface area contributed by atoms with Crippen molar-refractivity contribution in [3.8, 4) is 0 Å². The van der Waals surface area contributed by atoms with Crippen LogP contribution in [-0.2, 0) is 12.0 Å². The number of hydrogen-bond donors (Lipinski definition) is 1. The van der Waals surface area contributed by atoms with Crippen molar-refractivity contribution in [1.29, 1.82) is 0 Å². The normalized spacial score (nSPS) is 11.5. The average molecular weight is 376 g/mol. The van der Waals surface area contributed by atoms with E-state index in [-0.39, 0.29) is 11.5 Å². The molecule has 0 aliphatic carbocycles. The molecular weight excluding hydrogens is 346 g/mol. The monoisotopic (exact) mass is 375 g/mol. The Morgan fingerprint density at radius 3 is 2.25 bits per heavy atom. The molecular formula is C23H29N5. The van der Waals surface area contributed by atoms with E-state index in [9.17, 15) is 0 Å². The summed E-state index contributed by atoms with van der Waals surface area (Å²) in [5.74, 6) is 1.31. The van der Waals surface area contributed by atoms with Crippen molar-refractivity contribution in [1.82, 2.24) is 15.2 Å². The summed E-state index contributed by atoms with van der Waals surface area (Å²) < 4.78 is 0. The lowest BCUT2D eigenvalue weighted by Crippen LogP contribution is -2.31. The number of aromatic nitrogens is 3. The van der Waals surface area contributed by atoms with E-state index in [1.807, 2.05) is 6.07 Å². The molecule has 0 atom stereocenters. The quantitative estimate of drug-likeness (QED) is 0.631. The third-order valence-electron chi connectivity index (χ3n) is 4.67. The van der Waals surface area contributed by atoms with E-state index in [2.05, 4.69) is 104 Å². The highest BCUT2D eigenvalue weighted by molar-refractivity contribution is 5.55. The van der Waals surface area contributed by atoms with Gasteiger partial charge in [0.15, 0.2) is 5.82 Å². The zero-order chi connectivity index (χ0) is 20.1. The molecule has 146 valence electrons. The molecule has 0 radical (unpaired) electrons. The fourth-order valence-electron chi connectivity index (χ4n) is 2.98. The molecule has 0 aliphatic heterocycles. The summed E-state index contributed by atoms with van der Waals surface area (Å²) in [7, 11) is 0. The van der Waals surface area contributed by atoms with Crippen LogP contribution in [0.5, 0.6) is 0 Å². The zero-order valence-electron chi connectivity index (χ0n) is 17.3. The Bertz CT molecular complexity index is 883. The van der Waals surface area contributed by atoms with Crippen molar-refractivity contribution in [3.05, 3.63) is 71.9 Å². The molecule has 0 saturated carbocycles. The van der Waals surface area contributed by atoms with Crippen LogP contribution in [0.4, 0.5) is 17.5 Å². The van der Waals surface area contributed by atoms with Gasteiger partial charge in [0.1, 0.15) is 0 Å². The molecule has 5 heteroatoms. The summed E-state index contributed by atoms with van der Waals surface area (Å²) in [5.41, 5.74) is 3.61. The fraction of sp³-hybridized carbons (Fsp3) is 0.348. The second-order valence-corrected chi connectivity index (χ2v) is 8.30. The highest BCUT2D eigenvalue weighted by Crippen LogP contribution is 2.25. The minimum Gasteiger partial charge on any atom is -0.348 e. The maximum absolute atomic E-state index is 4.70. The lowest BCUT2D eigenvalue weighted by Gasteiger charge is -2.27. The molecule has 5 nitrogen and oxygen atoms in total. The number of benzene rings is 2. The molecule has 0 spiro atoms. The van der Waals surface area contributed by atoms with E-state index >= 15 is 0 Å². The first-order valence-electron chi connectivity index (χ1n) is 9.71. The third-order valence-corrected chi connectivity index (χ3v) is 4.67. The Hall–Kier alpha value is -2.95. The van der Waals surface area contributed by atoms with Crippen molar-refractivity contribution in [2.45, 2.75) is 52.6 Å². The van der Waals surface area contributed by atoms with Gasteiger partial charge in [0.25, 0.3) is 0 Å². The van der Waals surface area contributed by atoms with Crippen LogP contribution in [0.2, 0.25) is 0 Å². The minimum absolute atomic E-state index is 0.131. The van der Waals surface area contributed by atoms with Crippen molar-refractivity contribution in [2.24, 2.45) is 0 Å². The standard InChI is InChI=1S/C23H29N5/c1-17(2)28(16-18-9-7-6-8-10-18)21-15-24-27-22(26-21)25-20-13-11-19(12-14-20)23(3,4)5/h6-15,17H,16H2,1-5H3,(H,25,26,27). The summed E-state index contributed by atoms with van der Waals surface area (Å²) in [4.78, 5) is 6.92. The van der Waals surface area contributed by atoms with Crippen LogP contribution in [0, 0.1) is 0 Å². The predicted octanol–water partition coefficient (Wildman–Crippen LogP) is 5.33. The second kappa shape index (κ2) is 8.38. The molecule has 1 N–H and O–H groups in total. The largest absolute Gasteiger partial charge is 0.348 e. The van der Waals surface area contributed by atoms with Gasteiger partial charge in [0.2, 0.25) is 5.95 Å². The van der Waals surface area contributed by atoms with E-state index in [1.54, 1.807) is 6.20 Å². The van der Waals surface area contributed by atoms with Crippen LogP contribution in [0.25, 0.3) is 0 Å². The van der Waals surface area contributed by atoms with Gasteiger partial charge in [0.05, 0.1) is 6.20 Å². The number of hydrogen-bond acceptors (Lipinski definition) is 5. The van der Waals surface area contributed by atoms with Gasteiger partial charge in [-0.3, -0.25) is 0 Å². The molecule has 2 aromatic carbocycles. The maximum Gasteiger partial charge on any atom is 0.249 e. The molecule has 0 amide bonds. The van der Waals surface area contributed by atoms with Crippen molar-refractivity contribution >= 4 is 17.5 Å². The SMILES string of the molecule is CC(C)N(Cc1ccccc1)c1cnnc(Nc2ccc(C(C)(C)C)cc2)n1. The van der Waals surface area contributed by atoms with E-state index in [1.165, 1.54) is 11.1 Å². The molecule has 0 bridgehead atoms. The van der Waals surface area contributed by atoms with Gasteiger partial charge < -0.3 is 10.2 Å².